The predicted molar refractivity (Wildman–Crippen MR) is 112 cm³/mol. The first-order chi connectivity index (χ1) is 13.9. The number of aromatic nitrogens is 1. The Bertz CT molecular complexity index is 1030. The van der Waals surface area contributed by atoms with Crippen LogP contribution in [0.15, 0.2) is 54.6 Å². The van der Waals surface area contributed by atoms with E-state index in [1.54, 1.807) is 31.2 Å². The molecule has 0 saturated heterocycles. The molecule has 1 heterocycles. The summed E-state index contributed by atoms with van der Waals surface area (Å²) in [5.74, 6) is -0.917. The van der Waals surface area contributed by atoms with Gasteiger partial charge in [-0.15, -0.1) is 11.3 Å². The van der Waals surface area contributed by atoms with Gasteiger partial charge in [0.05, 0.1) is 12.1 Å². The summed E-state index contributed by atoms with van der Waals surface area (Å²) in [5.41, 5.74) is 7.82. The second-order valence-corrected chi connectivity index (χ2v) is 7.36. The average molecular weight is 408 g/mol. The number of nitrogens with one attached hydrogen (secondary N) is 3. The van der Waals surface area contributed by atoms with Crippen LogP contribution in [0, 0.1) is 6.92 Å². The Hall–Kier alpha value is -3.52. The summed E-state index contributed by atoms with van der Waals surface area (Å²) in [5, 5.41) is 3.41. The number of hydrazine groups is 1. The second-order valence-electron chi connectivity index (χ2n) is 6.36. The molecule has 0 spiro atoms. The molecule has 3 rings (SSSR count). The Morgan fingerprint density at radius 3 is 2.31 bits per heavy atom. The first kappa shape index (κ1) is 20.2. The van der Waals surface area contributed by atoms with Gasteiger partial charge in [0.2, 0.25) is 11.8 Å². The zero-order valence-corrected chi connectivity index (χ0v) is 16.8. The number of carbonyl (C=O) groups excluding carboxylic acids is 3. The van der Waals surface area contributed by atoms with Crippen LogP contribution in [0.1, 0.15) is 27.9 Å². The lowest BCUT2D eigenvalue weighted by Crippen LogP contribution is -2.42. The molecule has 0 unspecified atom stereocenters. The minimum atomic E-state index is -0.406. The SMILES string of the molecule is CC(=O)Nc1ccc(CC(=O)NNC(=O)c2sc(-c3ccccc3)nc2C)cc1. The number of hydrogen-bond acceptors (Lipinski definition) is 5. The summed E-state index contributed by atoms with van der Waals surface area (Å²) in [4.78, 5) is 40.5. The molecule has 7 nitrogen and oxygen atoms in total. The highest BCUT2D eigenvalue weighted by Crippen LogP contribution is 2.27. The normalized spacial score (nSPS) is 10.3. The fourth-order valence-corrected chi connectivity index (χ4v) is 3.60. The minimum Gasteiger partial charge on any atom is -0.326 e. The molecule has 0 radical (unpaired) electrons. The third kappa shape index (κ3) is 5.49. The van der Waals surface area contributed by atoms with Crippen LogP contribution in [0.25, 0.3) is 10.6 Å². The van der Waals surface area contributed by atoms with Crippen LogP contribution in [0.2, 0.25) is 0 Å². The predicted octanol–water partition coefficient (Wildman–Crippen LogP) is 3.08. The van der Waals surface area contributed by atoms with E-state index < -0.39 is 5.91 Å². The van der Waals surface area contributed by atoms with Gasteiger partial charge >= 0.3 is 0 Å². The van der Waals surface area contributed by atoms with Gasteiger partial charge < -0.3 is 5.32 Å². The Kier molecular flexibility index (Phi) is 6.36. The maximum Gasteiger partial charge on any atom is 0.281 e. The number of nitrogens with zero attached hydrogens (tertiary/aromatic N) is 1. The highest BCUT2D eigenvalue weighted by atomic mass is 32.1. The first-order valence-corrected chi connectivity index (χ1v) is 9.72. The number of hydrogen-bond donors (Lipinski definition) is 3. The summed E-state index contributed by atoms with van der Waals surface area (Å²) in [7, 11) is 0. The van der Waals surface area contributed by atoms with Gasteiger partial charge in [-0.25, -0.2) is 4.98 Å². The van der Waals surface area contributed by atoms with Crippen molar-refractivity contribution in [1.82, 2.24) is 15.8 Å². The van der Waals surface area contributed by atoms with Crippen LogP contribution >= 0.6 is 11.3 Å². The van der Waals surface area contributed by atoms with Gasteiger partial charge in [-0.3, -0.25) is 25.2 Å². The molecule has 148 valence electrons. The molecule has 0 aliphatic rings. The van der Waals surface area contributed by atoms with Crippen LogP contribution in [0.4, 0.5) is 5.69 Å². The summed E-state index contributed by atoms with van der Waals surface area (Å²) >= 11 is 1.27. The van der Waals surface area contributed by atoms with E-state index >= 15 is 0 Å². The van der Waals surface area contributed by atoms with Crippen molar-refractivity contribution >= 4 is 34.7 Å². The van der Waals surface area contributed by atoms with E-state index in [0.717, 1.165) is 16.1 Å². The molecular formula is C21H20N4O3S. The Balaban J connectivity index is 1.56. The van der Waals surface area contributed by atoms with Gasteiger partial charge in [0.1, 0.15) is 9.88 Å². The van der Waals surface area contributed by atoms with Crippen molar-refractivity contribution in [3.05, 3.63) is 70.7 Å². The smallest absolute Gasteiger partial charge is 0.281 e. The van der Waals surface area contributed by atoms with Crippen molar-refractivity contribution in [3.63, 3.8) is 0 Å². The lowest BCUT2D eigenvalue weighted by Gasteiger charge is -2.07. The monoisotopic (exact) mass is 408 g/mol. The standard InChI is InChI=1S/C21H20N4O3S/c1-13-19(29-21(22-13)16-6-4-3-5-7-16)20(28)25-24-18(27)12-15-8-10-17(11-9-15)23-14(2)26/h3-11H,12H2,1-2H3,(H,23,26)(H,24,27)(H,25,28). The number of carbonyl (C=O) groups is 3. The summed E-state index contributed by atoms with van der Waals surface area (Å²) < 4.78 is 0. The van der Waals surface area contributed by atoms with Crippen molar-refractivity contribution in [3.8, 4) is 10.6 Å². The van der Waals surface area contributed by atoms with Crippen molar-refractivity contribution in [2.45, 2.75) is 20.3 Å². The molecule has 29 heavy (non-hydrogen) atoms. The van der Waals surface area contributed by atoms with Gasteiger partial charge in [-0.1, -0.05) is 42.5 Å². The second kappa shape index (κ2) is 9.11. The minimum absolute atomic E-state index is 0.0948. The van der Waals surface area contributed by atoms with Crippen molar-refractivity contribution in [2.24, 2.45) is 0 Å². The van der Waals surface area contributed by atoms with Crippen LogP contribution in [-0.4, -0.2) is 22.7 Å². The maximum absolute atomic E-state index is 12.4. The molecule has 0 aliphatic heterocycles. The molecule has 8 heteroatoms. The third-order valence-corrected chi connectivity index (χ3v) is 5.18. The summed E-state index contributed by atoms with van der Waals surface area (Å²) in [6.45, 7) is 3.19. The van der Waals surface area contributed by atoms with Crippen LogP contribution in [-0.2, 0) is 16.0 Å². The molecular weight excluding hydrogens is 388 g/mol. The van der Waals surface area contributed by atoms with Crippen molar-refractivity contribution in [1.29, 1.82) is 0 Å². The molecule has 0 aliphatic carbocycles. The number of rotatable bonds is 5. The fraction of sp³-hybridized carbons (Fsp3) is 0.143. The van der Waals surface area contributed by atoms with Crippen molar-refractivity contribution < 1.29 is 14.4 Å². The Morgan fingerprint density at radius 2 is 1.66 bits per heavy atom. The van der Waals surface area contributed by atoms with Gasteiger partial charge in [0.25, 0.3) is 5.91 Å². The van der Waals surface area contributed by atoms with E-state index in [1.165, 1.54) is 18.3 Å². The summed E-state index contributed by atoms with van der Waals surface area (Å²) in [6, 6.07) is 16.5. The molecule has 0 fully saturated rings. The van der Waals surface area contributed by atoms with Gasteiger partial charge in [0, 0.05) is 18.2 Å². The Labute approximate surface area is 172 Å². The van der Waals surface area contributed by atoms with Crippen molar-refractivity contribution in [2.75, 3.05) is 5.32 Å². The molecule has 1 aromatic heterocycles. The molecule has 3 aromatic rings. The molecule has 0 bridgehead atoms. The lowest BCUT2D eigenvalue weighted by atomic mass is 10.1. The lowest BCUT2D eigenvalue weighted by molar-refractivity contribution is -0.121. The Morgan fingerprint density at radius 1 is 0.966 bits per heavy atom. The van der Waals surface area contributed by atoms with Crippen LogP contribution in [0.5, 0.6) is 0 Å². The van der Waals surface area contributed by atoms with E-state index in [-0.39, 0.29) is 18.2 Å². The van der Waals surface area contributed by atoms with E-state index in [1.807, 2.05) is 30.3 Å². The molecule has 0 saturated carbocycles. The van der Waals surface area contributed by atoms with Crippen LogP contribution < -0.4 is 16.2 Å². The zero-order chi connectivity index (χ0) is 20.8. The molecule has 2 aromatic carbocycles. The number of anilines is 1. The van der Waals surface area contributed by atoms with E-state index in [9.17, 15) is 14.4 Å². The zero-order valence-electron chi connectivity index (χ0n) is 16.0. The topological polar surface area (TPSA) is 100 Å². The highest BCUT2D eigenvalue weighted by molar-refractivity contribution is 7.17. The highest BCUT2D eigenvalue weighted by Gasteiger charge is 2.16. The molecule has 0 atom stereocenters. The fourth-order valence-electron chi connectivity index (χ4n) is 2.63. The third-order valence-electron chi connectivity index (χ3n) is 3.98. The van der Waals surface area contributed by atoms with E-state index in [4.69, 9.17) is 0 Å². The summed E-state index contributed by atoms with van der Waals surface area (Å²) in [6.07, 6.45) is 0.0948. The maximum atomic E-state index is 12.4. The number of amides is 3. The van der Waals surface area contributed by atoms with E-state index in [2.05, 4.69) is 21.2 Å². The van der Waals surface area contributed by atoms with Gasteiger partial charge in [-0.05, 0) is 24.6 Å². The number of aryl methyl sites for hydroxylation is 1. The average Bonchev–Trinajstić information content (AvgIpc) is 3.10. The van der Waals surface area contributed by atoms with Gasteiger partial charge in [-0.2, -0.15) is 0 Å². The largest absolute Gasteiger partial charge is 0.326 e. The van der Waals surface area contributed by atoms with Crippen LogP contribution in [0.3, 0.4) is 0 Å². The number of thiazole rings is 1. The number of benzene rings is 2. The quantitative estimate of drug-likeness (QED) is 0.565. The first-order valence-electron chi connectivity index (χ1n) is 8.91. The van der Waals surface area contributed by atoms with Gasteiger partial charge in [0.15, 0.2) is 0 Å². The van der Waals surface area contributed by atoms with E-state index in [0.29, 0.717) is 16.3 Å². The molecule has 3 N–H and O–H groups in total. The molecule has 3 amide bonds.